The van der Waals surface area contributed by atoms with Crippen LogP contribution >= 0.6 is 11.6 Å². The molecule has 0 bridgehead atoms. The van der Waals surface area contributed by atoms with Crippen molar-refractivity contribution in [2.75, 3.05) is 25.0 Å². The number of hydrogen-bond acceptors (Lipinski definition) is 5. The van der Waals surface area contributed by atoms with E-state index in [4.69, 9.17) is 21.1 Å². The maximum atomic E-state index is 13.0. The van der Waals surface area contributed by atoms with E-state index in [2.05, 4.69) is 5.32 Å². The average Bonchev–Trinajstić information content (AvgIpc) is 2.63. The van der Waals surface area contributed by atoms with Crippen LogP contribution in [0.2, 0.25) is 5.02 Å². The number of anilines is 1. The molecule has 2 aliphatic rings. The summed E-state index contributed by atoms with van der Waals surface area (Å²) in [5.74, 6) is -1.01. The molecule has 1 saturated heterocycles. The molecule has 1 aromatic carbocycles. The molecule has 1 atom stereocenters. The summed E-state index contributed by atoms with van der Waals surface area (Å²) in [6.45, 7) is 4.32. The third-order valence-corrected chi connectivity index (χ3v) is 4.98. The summed E-state index contributed by atoms with van der Waals surface area (Å²) in [5, 5.41) is 3.15. The third kappa shape index (κ3) is 3.35. The number of hydrogen-bond donors (Lipinski definition) is 1. The Morgan fingerprint density at radius 1 is 1.38 bits per heavy atom. The lowest BCUT2D eigenvalue weighted by atomic mass is 9.94. The van der Waals surface area contributed by atoms with E-state index in [1.165, 1.54) is 6.92 Å². The molecule has 2 amide bonds. The molecule has 140 valence electrons. The fourth-order valence-corrected chi connectivity index (χ4v) is 3.39. The van der Waals surface area contributed by atoms with Crippen molar-refractivity contribution >= 4 is 35.1 Å². The summed E-state index contributed by atoms with van der Waals surface area (Å²) in [5.41, 5.74) is -1.22. The first kappa shape index (κ1) is 18.5. The fourth-order valence-electron chi connectivity index (χ4n) is 3.22. The smallest absolute Gasteiger partial charge is 0.309 e. The van der Waals surface area contributed by atoms with Crippen LogP contribution in [0.1, 0.15) is 26.7 Å². The predicted molar refractivity (Wildman–Crippen MR) is 95.1 cm³/mol. The van der Waals surface area contributed by atoms with Gasteiger partial charge in [0.25, 0.3) is 17.4 Å². The number of amides is 2. The van der Waals surface area contributed by atoms with Crippen LogP contribution in [0.3, 0.4) is 0 Å². The van der Waals surface area contributed by atoms with Gasteiger partial charge in [0.05, 0.1) is 18.2 Å². The van der Waals surface area contributed by atoms with Crippen molar-refractivity contribution < 1.29 is 23.9 Å². The van der Waals surface area contributed by atoms with Crippen LogP contribution in [0.15, 0.2) is 18.2 Å². The number of piperidine rings is 1. The van der Waals surface area contributed by atoms with Gasteiger partial charge in [0.1, 0.15) is 5.75 Å². The number of carbonyl (C=O) groups excluding carboxylic acids is 3. The largest absolute Gasteiger partial charge is 0.466 e. The Morgan fingerprint density at radius 2 is 2.08 bits per heavy atom. The van der Waals surface area contributed by atoms with Gasteiger partial charge >= 0.3 is 5.97 Å². The average molecular weight is 381 g/mol. The summed E-state index contributed by atoms with van der Waals surface area (Å²) in [6.07, 6.45) is 1.02. The maximum Gasteiger partial charge on any atom is 0.309 e. The Hall–Kier alpha value is -2.28. The lowest BCUT2D eigenvalue weighted by Gasteiger charge is -2.39. The van der Waals surface area contributed by atoms with Gasteiger partial charge in [-0.05, 0) is 44.9 Å². The van der Waals surface area contributed by atoms with Crippen molar-refractivity contribution in [1.82, 2.24) is 4.90 Å². The molecule has 0 aromatic heterocycles. The maximum absolute atomic E-state index is 13.0. The summed E-state index contributed by atoms with van der Waals surface area (Å²) in [4.78, 5) is 38.9. The molecule has 8 heteroatoms. The SMILES string of the molecule is CCOC(=O)C1CCN(C(=O)C2(C)Oc3ccc(Cl)cc3NC2=O)CC1. The minimum absolute atomic E-state index is 0.212. The first-order valence-corrected chi connectivity index (χ1v) is 8.99. The van der Waals surface area contributed by atoms with Gasteiger partial charge in [0.2, 0.25) is 0 Å². The molecule has 7 nitrogen and oxygen atoms in total. The second kappa shape index (κ2) is 7.15. The molecule has 1 unspecified atom stereocenters. The zero-order valence-electron chi connectivity index (χ0n) is 14.7. The van der Waals surface area contributed by atoms with Crippen LogP contribution in [-0.2, 0) is 19.1 Å². The highest BCUT2D eigenvalue weighted by Crippen LogP contribution is 2.36. The molecular weight excluding hydrogens is 360 g/mol. The van der Waals surface area contributed by atoms with Crippen molar-refractivity contribution in [3.63, 3.8) is 0 Å². The molecule has 0 aliphatic carbocycles. The van der Waals surface area contributed by atoms with Crippen molar-refractivity contribution in [3.05, 3.63) is 23.2 Å². The molecule has 0 saturated carbocycles. The van der Waals surface area contributed by atoms with Crippen LogP contribution in [0.5, 0.6) is 5.75 Å². The first-order chi connectivity index (χ1) is 12.3. The highest BCUT2D eigenvalue weighted by atomic mass is 35.5. The molecule has 2 aliphatic heterocycles. The minimum atomic E-state index is -1.66. The molecule has 2 heterocycles. The zero-order valence-corrected chi connectivity index (χ0v) is 15.5. The molecular formula is C18H21ClN2O5. The number of rotatable bonds is 3. The van der Waals surface area contributed by atoms with Crippen molar-refractivity contribution in [1.29, 1.82) is 0 Å². The van der Waals surface area contributed by atoms with Gasteiger partial charge in [0, 0.05) is 18.1 Å². The monoisotopic (exact) mass is 380 g/mol. The second-order valence-electron chi connectivity index (χ2n) is 6.55. The van der Waals surface area contributed by atoms with Crippen LogP contribution in [0.4, 0.5) is 5.69 Å². The number of carbonyl (C=O) groups is 3. The molecule has 1 fully saturated rings. The Kier molecular flexibility index (Phi) is 5.09. The minimum Gasteiger partial charge on any atom is -0.466 e. The molecule has 1 aromatic rings. The number of nitrogens with one attached hydrogen (secondary N) is 1. The van der Waals surface area contributed by atoms with E-state index in [0.717, 1.165) is 0 Å². The third-order valence-electron chi connectivity index (χ3n) is 4.75. The standard InChI is InChI=1S/C18H21ClN2O5/c1-3-25-15(22)11-6-8-21(9-7-11)17(24)18(2)16(23)20-13-10-12(19)4-5-14(13)26-18/h4-5,10-11H,3,6-9H2,1-2H3,(H,20,23). The lowest BCUT2D eigenvalue weighted by Crippen LogP contribution is -2.60. The van der Waals surface area contributed by atoms with E-state index in [1.807, 2.05) is 0 Å². The molecule has 0 radical (unpaired) electrons. The number of nitrogens with zero attached hydrogens (tertiary/aromatic N) is 1. The number of fused-ring (bicyclic) bond motifs is 1. The van der Waals surface area contributed by atoms with Crippen LogP contribution in [-0.4, -0.2) is 48.0 Å². The van der Waals surface area contributed by atoms with E-state index in [9.17, 15) is 14.4 Å². The van der Waals surface area contributed by atoms with E-state index < -0.39 is 17.4 Å². The van der Waals surface area contributed by atoms with E-state index in [0.29, 0.717) is 49.0 Å². The molecule has 26 heavy (non-hydrogen) atoms. The number of likely N-dealkylation sites (tertiary alicyclic amines) is 1. The second-order valence-corrected chi connectivity index (χ2v) is 6.98. The van der Waals surface area contributed by atoms with Gasteiger partial charge < -0.3 is 19.7 Å². The topological polar surface area (TPSA) is 84.9 Å². The fraction of sp³-hybridized carbons (Fsp3) is 0.500. The number of esters is 1. The van der Waals surface area contributed by atoms with E-state index >= 15 is 0 Å². The summed E-state index contributed by atoms with van der Waals surface area (Å²) >= 11 is 5.92. The zero-order chi connectivity index (χ0) is 18.9. The highest BCUT2D eigenvalue weighted by Gasteiger charge is 2.50. The lowest BCUT2D eigenvalue weighted by molar-refractivity contribution is -0.159. The van der Waals surface area contributed by atoms with Gasteiger partial charge in [-0.3, -0.25) is 14.4 Å². The Bertz CT molecular complexity index is 745. The molecule has 3 rings (SSSR count). The summed E-state index contributed by atoms with van der Waals surface area (Å²) in [6, 6.07) is 4.83. The highest BCUT2D eigenvalue weighted by molar-refractivity contribution is 6.31. The Balaban J connectivity index is 1.71. The van der Waals surface area contributed by atoms with E-state index in [-0.39, 0.29) is 11.9 Å². The van der Waals surface area contributed by atoms with Crippen LogP contribution in [0, 0.1) is 5.92 Å². The predicted octanol–water partition coefficient (Wildman–Crippen LogP) is 2.23. The Labute approximate surface area is 156 Å². The molecule has 1 N–H and O–H groups in total. The Morgan fingerprint density at radius 3 is 2.73 bits per heavy atom. The van der Waals surface area contributed by atoms with Crippen molar-refractivity contribution in [3.8, 4) is 5.75 Å². The summed E-state index contributed by atoms with van der Waals surface area (Å²) < 4.78 is 10.8. The quantitative estimate of drug-likeness (QED) is 0.642. The normalized spacial score (nSPS) is 22.9. The number of ether oxygens (including phenoxy) is 2. The van der Waals surface area contributed by atoms with Gasteiger partial charge in [-0.25, -0.2) is 0 Å². The van der Waals surface area contributed by atoms with Crippen LogP contribution < -0.4 is 10.1 Å². The van der Waals surface area contributed by atoms with Gasteiger partial charge in [-0.2, -0.15) is 0 Å². The van der Waals surface area contributed by atoms with Crippen molar-refractivity contribution in [2.24, 2.45) is 5.92 Å². The van der Waals surface area contributed by atoms with Gasteiger partial charge in [-0.15, -0.1) is 0 Å². The van der Waals surface area contributed by atoms with E-state index in [1.54, 1.807) is 30.0 Å². The number of halogens is 1. The summed E-state index contributed by atoms with van der Waals surface area (Å²) in [7, 11) is 0. The molecule has 0 spiro atoms. The van der Waals surface area contributed by atoms with Gasteiger partial charge in [0.15, 0.2) is 0 Å². The van der Waals surface area contributed by atoms with Crippen LogP contribution in [0.25, 0.3) is 0 Å². The van der Waals surface area contributed by atoms with Crippen molar-refractivity contribution in [2.45, 2.75) is 32.3 Å². The number of benzene rings is 1. The first-order valence-electron chi connectivity index (χ1n) is 8.61. The van der Waals surface area contributed by atoms with Gasteiger partial charge in [-0.1, -0.05) is 11.6 Å².